The van der Waals surface area contributed by atoms with Gasteiger partial charge in [0.15, 0.2) is 5.78 Å². The van der Waals surface area contributed by atoms with Crippen LogP contribution in [-0.2, 0) is 0 Å². The van der Waals surface area contributed by atoms with E-state index in [-0.39, 0.29) is 26.1 Å². The van der Waals surface area contributed by atoms with E-state index in [1.54, 1.807) is 32.4 Å². The van der Waals surface area contributed by atoms with Crippen molar-refractivity contribution < 1.29 is 34.6 Å². The molecule has 0 saturated carbocycles. The van der Waals surface area contributed by atoms with Gasteiger partial charge in [-0.3, -0.25) is 4.79 Å². The Kier molecular flexibility index (Phi) is 7.00. The number of benzene rings is 1. The van der Waals surface area contributed by atoms with Gasteiger partial charge < -0.3 is 10.9 Å². The molecule has 0 amide bonds. The topological polar surface area (TPSA) is 35.5 Å². The molecule has 2 unspecified atom stereocenters. The number of hydrogen-bond donors (Lipinski definition) is 0. The predicted molar refractivity (Wildman–Crippen MR) is 73.4 cm³/mol. The van der Waals surface area contributed by atoms with Crippen molar-refractivity contribution in [2.45, 2.75) is 25.4 Å². The van der Waals surface area contributed by atoms with Gasteiger partial charge in [-0.25, -0.2) is 0 Å². The molecule has 0 aliphatic heterocycles. The summed E-state index contributed by atoms with van der Waals surface area (Å²) in [4.78, 5) is 12.3. The molecule has 0 fully saturated rings. The maximum Gasteiger partial charge on any atom is 1.00 e. The van der Waals surface area contributed by atoms with Crippen LogP contribution in [0.5, 0.6) is 11.5 Å². The first-order valence-corrected chi connectivity index (χ1v) is 6.09. The zero-order valence-electron chi connectivity index (χ0n) is 12.7. The summed E-state index contributed by atoms with van der Waals surface area (Å²) in [5.41, 5.74) is 0.590. The fourth-order valence-corrected chi connectivity index (χ4v) is 1.61. The van der Waals surface area contributed by atoms with Gasteiger partial charge in [-0.05, 0) is 25.5 Å². The molecule has 0 N–H and O–H groups in total. The third kappa shape index (κ3) is 3.75. The van der Waals surface area contributed by atoms with Crippen LogP contribution >= 0.6 is 9.24 Å². The van der Waals surface area contributed by atoms with Crippen molar-refractivity contribution in [1.29, 1.82) is 0 Å². The fraction of sp³-hybridized carbons (Fsp3) is 0.462. The predicted octanol–water partition coefficient (Wildman–Crippen LogP) is 0.0468. The summed E-state index contributed by atoms with van der Waals surface area (Å²) in [6, 6.07) is 5.24. The van der Waals surface area contributed by atoms with E-state index in [1.165, 1.54) is 0 Å². The Morgan fingerprint density at radius 1 is 1.39 bits per heavy atom. The first-order chi connectivity index (χ1) is 7.96. The molecule has 3 nitrogen and oxygen atoms in total. The number of methoxy groups -OCH3 is 2. The normalized spacial score (nSPS) is 13.2. The second-order valence-electron chi connectivity index (χ2n) is 4.17. The van der Waals surface area contributed by atoms with E-state index in [0.717, 1.165) is 6.42 Å². The van der Waals surface area contributed by atoms with E-state index >= 15 is 0 Å². The molecule has 0 radical (unpaired) electrons. The SMILES string of the molecule is CCC(C)(P)C(=O)c1ccc(OC)cc1OC.[H-].[Li+]. The molecule has 0 spiro atoms. The van der Waals surface area contributed by atoms with Crippen LogP contribution in [-0.4, -0.2) is 25.2 Å². The summed E-state index contributed by atoms with van der Waals surface area (Å²) in [5.74, 6) is 1.29. The van der Waals surface area contributed by atoms with E-state index in [1.807, 2.05) is 13.8 Å². The zero-order chi connectivity index (χ0) is 13.1. The van der Waals surface area contributed by atoms with E-state index in [2.05, 4.69) is 9.24 Å². The maximum absolute atomic E-state index is 12.3. The van der Waals surface area contributed by atoms with Crippen LogP contribution < -0.4 is 28.3 Å². The zero-order valence-corrected chi connectivity index (χ0v) is 12.9. The Morgan fingerprint density at radius 3 is 2.44 bits per heavy atom. The summed E-state index contributed by atoms with van der Waals surface area (Å²) in [6.07, 6.45) is 0.756. The Hall–Kier alpha value is -0.483. The summed E-state index contributed by atoms with van der Waals surface area (Å²) in [6.45, 7) is 3.89. The van der Waals surface area contributed by atoms with Gasteiger partial charge in [0.2, 0.25) is 0 Å². The quantitative estimate of drug-likeness (QED) is 0.427. The Labute approximate surface area is 124 Å². The minimum Gasteiger partial charge on any atom is -1.00 e. The van der Waals surface area contributed by atoms with Gasteiger partial charge in [0.1, 0.15) is 11.5 Å². The third-order valence-corrected chi connectivity index (χ3v) is 3.58. The average Bonchev–Trinajstić information content (AvgIpc) is 2.36. The van der Waals surface area contributed by atoms with Gasteiger partial charge in [0.25, 0.3) is 0 Å². The largest absolute Gasteiger partial charge is 1.00 e. The molecule has 5 heteroatoms. The van der Waals surface area contributed by atoms with Gasteiger partial charge in [0.05, 0.1) is 19.8 Å². The molecule has 96 valence electrons. The summed E-state index contributed by atoms with van der Waals surface area (Å²) < 4.78 is 10.3. The molecule has 0 aliphatic carbocycles. The second kappa shape index (κ2) is 7.19. The monoisotopic (exact) mass is 262 g/mol. The number of rotatable bonds is 5. The van der Waals surface area contributed by atoms with Crippen LogP contribution in [0.25, 0.3) is 0 Å². The van der Waals surface area contributed by atoms with Crippen LogP contribution in [0.3, 0.4) is 0 Å². The molecule has 0 saturated heterocycles. The van der Waals surface area contributed by atoms with Gasteiger partial charge >= 0.3 is 18.9 Å². The molecule has 1 rings (SSSR count). The Bertz CT molecular complexity index is 424. The van der Waals surface area contributed by atoms with Crippen molar-refractivity contribution in [3.8, 4) is 11.5 Å². The molecule has 2 atom stereocenters. The Balaban J connectivity index is 0. The molecule has 1 aromatic rings. The third-order valence-electron chi connectivity index (χ3n) is 2.91. The van der Waals surface area contributed by atoms with Gasteiger partial charge in [0, 0.05) is 11.2 Å². The van der Waals surface area contributed by atoms with E-state index < -0.39 is 5.16 Å². The van der Waals surface area contributed by atoms with E-state index in [9.17, 15) is 4.79 Å². The van der Waals surface area contributed by atoms with Crippen molar-refractivity contribution >= 4 is 15.0 Å². The van der Waals surface area contributed by atoms with Crippen molar-refractivity contribution in [3.63, 3.8) is 0 Å². The standard InChI is InChI=1S/C13H19O3P.Li.H/c1-5-13(2,17)12(14)10-7-6-9(15-3)8-11(10)16-4;;/h6-8H,5,17H2,1-4H3;;/q;+1;-1. The van der Waals surface area contributed by atoms with Gasteiger partial charge in [-0.2, -0.15) is 0 Å². The van der Waals surface area contributed by atoms with Crippen molar-refractivity contribution in [2.75, 3.05) is 14.2 Å². The molecule has 0 aromatic heterocycles. The summed E-state index contributed by atoms with van der Waals surface area (Å²) >= 11 is 0. The number of carbonyl (C=O) groups excluding carboxylic acids is 1. The van der Waals surface area contributed by atoms with Crippen LogP contribution in [0, 0.1) is 0 Å². The molecule has 0 heterocycles. The van der Waals surface area contributed by atoms with Gasteiger partial charge in [-0.1, -0.05) is 6.92 Å². The molecule has 1 aromatic carbocycles. The van der Waals surface area contributed by atoms with Crippen molar-refractivity contribution in [3.05, 3.63) is 23.8 Å². The van der Waals surface area contributed by atoms with Crippen molar-refractivity contribution in [2.24, 2.45) is 0 Å². The molecule has 18 heavy (non-hydrogen) atoms. The number of carbonyl (C=O) groups is 1. The average molecular weight is 262 g/mol. The number of ketones is 1. The van der Waals surface area contributed by atoms with Crippen LogP contribution in [0.2, 0.25) is 0 Å². The second-order valence-corrected chi connectivity index (χ2v) is 5.44. The smallest absolute Gasteiger partial charge is 1.00 e. The minimum atomic E-state index is -0.456. The molecule has 0 aliphatic rings. The first kappa shape index (κ1) is 17.5. The summed E-state index contributed by atoms with van der Waals surface area (Å²) in [7, 11) is 5.75. The first-order valence-electron chi connectivity index (χ1n) is 5.52. The Morgan fingerprint density at radius 2 is 2.00 bits per heavy atom. The fourth-order valence-electron chi connectivity index (χ4n) is 1.45. The number of ether oxygens (including phenoxy) is 2. The minimum absolute atomic E-state index is 0. The molecular formula is C13H20LiO3P. The maximum atomic E-state index is 12.3. The molecular weight excluding hydrogens is 242 g/mol. The number of hydrogen-bond acceptors (Lipinski definition) is 3. The van der Waals surface area contributed by atoms with Crippen LogP contribution in [0.1, 0.15) is 32.1 Å². The van der Waals surface area contributed by atoms with E-state index in [4.69, 9.17) is 9.47 Å². The van der Waals surface area contributed by atoms with Crippen LogP contribution in [0.4, 0.5) is 0 Å². The van der Waals surface area contributed by atoms with Crippen LogP contribution in [0.15, 0.2) is 18.2 Å². The van der Waals surface area contributed by atoms with Crippen molar-refractivity contribution in [1.82, 2.24) is 0 Å². The summed E-state index contributed by atoms with van der Waals surface area (Å²) in [5, 5.41) is -0.456. The van der Waals surface area contributed by atoms with E-state index in [0.29, 0.717) is 17.1 Å². The molecule has 0 bridgehead atoms. The van der Waals surface area contributed by atoms with Gasteiger partial charge in [-0.15, -0.1) is 9.24 Å². The number of Topliss-reactive ketones (excluding diaryl/α,β-unsaturated/α-hetero) is 1.